The molecular weight excluding hydrogens is 226 g/mol. The lowest BCUT2D eigenvalue weighted by atomic mass is 10.2. The Labute approximate surface area is 88.2 Å². The molecule has 1 atom stereocenters. The van der Waals surface area contributed by atoms with Crippen LogP contribution in [0.25, 0.3) is 0 Å². The van der Waals surface area contributed by atoms with Crippen molar-refractivity contribution in [2.75, 3.05) is 0 Å². The van der Waals surface area contributed by atoms with Crippen molar-refractivity contribution in [1.29, 1.82) is 0 Å². The molecule has 0 aliphatic carbocycles. The van der Waals surface area contributed by atoms with Crippen LogP contribution in [0.3, 0.4) is 0 Å². The fraction of sp³-hybridized carbons (Fsp3) is 0.429. The molecule has 9 heteroatoms. The van der Waals surface area contributed by atoms with Gasteiger partial charge in [-0.25, -0.2) is 38.7 Å². The van der Waals surface area contributed by atoms with Crippen LogP contribution in [0.1, 0.15) is 12.8 Å². The molecule has 0 amide bonds. The van der Waals surface area contributed by atoms with E-state index in [1.165, 1.54) is 0 Å². The van der Waals surface area contributed by atoms with Gasteiger partial charge in [0.25, 0.3) is 0 Å². The van der Waals surface area contributed by atoms with E-state index in [1.54, 1.807) is 0 Å². The highest BCUT2D eigenvalue weighted by atomic mass is 17.2. The second-order valence-electron chi connectivity index (χ2n) is 2.74. The van der Waals surface area contributed by atoms with Crippen LogP contribution in [0.4, 0.5) is 0 Å². The summed E-state index contributed by atoms with van der Waals surface area (Å²) in [6.07, 6.45) is -0.384. The smallest absolute Gasteiger partial charge is 0.318 e. The van der Waals surface area contributed by atoms with Crippen molar-refractivity contribution >= 4 is 23.9 Å². The predicted molar refractivity (Wildman–Crippen MR) is 41.6 cm³/mol. The Morgan fingerprint density at radius 1 is 0.938 bits per heavy atom. The van der Waals surface area contributed by atoms with Gasteiger partial charge >= 0.3 is 23.9 Å². The summed E-state index contributed by atoms with van der Waals surface area (Å²) in [4.78, 5) is 58.6. The summed E-state index contributed by atoms with van der Waals surface area (Å²) in [7, 11) is 0. The van der Waals surface area contributed by atoms with Gasteiger partial charge in [-0.1, -0.05) is 0 Å². The van der Waals surface area contributed by atoms with Crippen molar-refractivity contribution < 1.29 is 38.7 Å². The number of hydrogen-bond acceptors (Lipinski definition) is 9. The molecule has 1 rings (SSSR count). The SMILES string of the molecule is NC1CCC(=O)OOC(=O)C(=O)OOC1=O. The Hall–Kier alpha value is -2.16. The monoisotopic (exact) mass is 233 g/mol. The van der Waals surface area contributed by atoms with Gasteiger partial charge in [0, 0.05) is 0 Å². The molecule has 1 saturated heterocycles. The van der Waals surface area contributed by atoms with Crippen LogP contribution in [-0.2, 0) is 38.7 Å². The van der Waals surface area contributed by atoms with Gasteiger partial charge < -0.3 is 5.73 Å². The quantitative estimate of drug-likeness (QED) is 0.376. The summed E-state index contributed by atoms with van der Waals surface area (Å²) < 4.78 is 0. The number of carbonyl (C=O) groups is 4. The lowest BCUT2D eigenvalue weighted by molar-refractivity contribution is -0.277. The Morgan fingerprint density at radius 3 is 2.12 bits per heavy atom. The van der Waals surface area contributed by atoms with E-state index in [0.29, 0.717) is 0 Å². The summed E-state index contributed by atoms with van der Waals surface area (Å²) in [5.41, 5.74) is 5.26. The van der Waals surface area contributed by atoms with E-state index in [2.05, 4.69) is 19.6 Å². The molecule has 9 nitrogen and oxygen atoms in total. The molecule has 0 aromatic carbocycles. The highest BCUT2D eigenvalue weighted by Gasteiger charge is 2.28. The molecule has 0 spiro atoms. The summed E-state index contributed by atoms with van der Waals surface area (Å²) in [6.45, 7) is 0. The highest BCUT2D eigenvalue weighted by molar-refractivity contribution is 6.29. The molecule has 0 aromatic rings. The van der Waals surface area contributed by atoms with Gasteiger partial charge in [0.05, 0.1) is 6.42 Å². The van der Waals surface area contributed by atoms with Gasteiger partial charge in [-0.2, -0.15) is 0 Å². The standard InChI is InChI=1S/C7H7NO8/c8-3-1-2-4(9)13-15-6(11)7(12)16-14-5(3)10/h3H,1-2,8H2. The number of hydrogen-bond donors (Lipinski definition) is 1. The third-order valence-corrected chi connectivity index (χ3v) is 1.54. The Morgan fingerprint density at radius 2 is 1.50 bits per heavy atom. The second-order valence-corrected chi connectivity index (χ2v) is 2.74. The first kappa shape index (κ1) is 11.9. The molecule has 0 bridgehead atoms. The molecule has 0 radical (unpaired) electrons. The summed E-state index contributed by atoms with van der Waals surface area (Å²) >= 11 is 0. The van der Waals surface area contributed by atoms with Gasteiger partial charge in [-0.05, 0) is 6.42 Å². The Kier molecular flexibility index (Phi) is 3.78. The van der Waals surface area contributed by atoms with Gasteiger partial charge in [0.15, 0.2) is 0 Å². The van der Waals surface area contributed by atoms with Crippen LogP contribution in [0.2, 0.25) is 0 Å². The normalized spacial score (nSPS) is 23.4. The van der Waals surface area contributed by atoms with Crippen molar-refractivity contribution in [3.63, 3.8) is 0 Å². The van der Waals surface area contributed by atoms with Gasteiger partial charge in [-0.15, -0.1) is 0 Å². The first-order chi connectivity index (χ1) is 7.50. The molecule has 2 N–H and O–H groups in total. The maximum atomic E-state index is 11.0. The molecule has 16 heavy (non-hydrogen) atoms. The average molecular weight is 233 g/mol. The summed E-state index contributed by atoms with van der Waals surface area (Å²) in [6, 6.07) is -1.17. The van der Waals surface area contributed by atoms with Gasteiger partial charge in [0.2, 0.25) is 0 Å². The van der Waals surface area contributed by atoms with Crippen molar-refractivity contribution in [1.82, 2.24) is 0 Å². The molecular formula is C7H7NO8. The van der Waals surface area contributed by atoms with Gasteiger partial charge in [-0.3, -0.25) is 0 Å². The zero-order valence-corrected chi connectivity index (χ0v) is 7.83. The van der Waals surface area contributed by atoms with Crippen molar-refractivity contribution in [2.24, 2.45) is 5.73 Å². The molecule has 1 unspecified atom stereocenters. The average Bonchev–Trinajstić information content (AvgIpc) is 2.29. The number of carbonyl (C=O) groups excluding carboxylic acids is 4. The van der Waals surface area contributed by atoms with Crippen LogP contribution < -0.4 is 5.73 Å². The van der Waals surface area contributed by atoms with E-state index in [4.69, 9.17) is 5.73 Å². The maximum Gasteiger partial charge on any atom is 0.467 e. The van der Waals surface area contributed by atoms with Crippen LogP contribution in [0.5, 0.6) is 0 Å². The van der Waals surface area contributed by atoms with E-state index >= 15 is 0 Å². The van der Waals surface area contributed by atoms with Crippen molar-refractivity contribution in [2.45, 2.75) is 18.9 Å². The summed E-state index contributed by atoms with van der Waals surface area (Å²) in [5, 5.41) is 0. The third kappa shape index (κ3) is 3.20. The maximum absolute atomic E-state index is 11.0. The highest BCUT2D eigenvalue weighted by Crippen LogP contribution is 2.02. The molecule has 0 aromatic heterocycles. The van der Waals surface area contributed by atoms with E-state index in [0.717, 1.165) is 0 Å². The Balaban J connectivity index is 2.69. The zero-order chi connectivity index (χ0) is 12.1. The van der Waals surface area contributed by atoms with E-state index in [-0.39, 0.29) is 12.8 Å². The molecule has 1 fully saturated rings. The van der Waals surface area contributed by atoms with Gasteiger partial charge in [0.1, 0.15) is 6.04 Å². The Bertz CT molecular complexity index is 337. The fourth-order valence-corrected chi connectivity index (χ4v) is 0.726. The molecule has 1 aliphatic rings. The largest absolute Gasteiger partial charge is 0.467 e. The topological polar surface area (TPSA) is 131 Å². The lowest BCUT2D eigenvalue weighted by Crippen LogP contribution is -2.33. The zero-order valence-electron chi connectivity index (χ0n) is 7.83. The molecule has 1 aliphatic heterocycles. The van der Waals surface area contributed by atoms with E-state index in [1.807, 2.05) is 0 Å². The fourth-order valence-electron chi connectivity index (χ4n) is 0.726. The van der Waals surface area contributed by atoms with Crippen LogP contribution in [0, 0.1) is 0 Å². The lowest BCUT2D eigenvalue weighted by Gasteiger charge is -2.05. The minimum absolute atomic E-state index is 0.104. The minimum Gasteiger partial charge on any atom is -0.318 e. The predicted octanol–water partition coefficient (Wildman–Crippen LogP) is -1.89. The molecule has 1 heterocycles. The van der Waals surface area contributed by atoms with Crippen LogP contribution >= 0.6 is 0 Å². The minimum atomic E-state index is -1.64. The second kappa shape index (κ2) is 5.07. The van der Waals surface area contributed by atoms with Crippen LogP contribution in [0.15, 0.2) is 0 Å². The third-order valence-electron chi connectivity index (χ3n) is 1.54. The van der Waals surface area contributed by atoms with E-state index in [9.17, 15) is 19.2 Å². The van der Waals surface area contributed by atoms with E-state index < -0.39 is 29.9 Å². The number of rotatable bonds is 0. The molecule has 0 saturated carbocycles. The summed E-state index contributed by atoms with van der Waals surface area (Å²) in [5.74, 6) is -5.31. The molecule has 88 valence electrons. The van der Waals surface area contributed by atoms with Crippen molar-refractivity contribution in [3.05, 3.63) is 0 Å². The number of nitrogens with two attached hydrogens (primary N) is 1. The first-order valence-electron chi connectivity index (χ1n) is 4.10. The van der Waals surface area contributed by atoms with Crippen LogP contribution in [-0.4, -0.2) is 29.9 Å². The van der Waals surface area contributed by atoms with Crippen molar-refractivity contribution in [3.8, 4) is 0 Å². The first-order valence-corrected chi connectivity index (χ1v) is 4.10.